The molecule has 2 N–H and O–H groups in total. The Kier molecular flexibility index (Phi) is 5.76. The molecule has 0 radical (unpaired) electrons. The van der Waals surface area contributed by atoms with Crippen molar-refractivity contribution in [2.45, 2.75) is 37.0 Å². The van der Waals surface area contributed by atoms with Gasteiger partial charge in [-0.2, -0.15) is 0 Å². The van der Waals surface area contributed by atoms with Gasteiger partial charge in [0.1, 0.15) is 16.3 Å². The van der Waals surface area contributed by atoms with Crippen molar-refractivity contribution in [3.63, 3.8) is 0 Å². The summed E-state index contributed by atoms with van der Waals surface area (Å²) in [4.78, 5) is 12.1. The lowest BCUT2D eigenvalue weighted by Gasteiger charge is -2.23. The van der Waals surface area contributed by atoms with Crippen LogP contribution in [0.2, 0.25) is 0 Å². The Labute approximate surface area is 174 Å². The third-order valence-corrected chi connectivity index (χ3v) is 6.85. The van der Waals surface area contributed by atoms with E-state index in [1.807, 2.05) is 0 Å². The molecule has 1 fully saturated rings. The molecule has 1 heterocycles. The molecule has 8 heteroatoms. The Bertz CT molecular complexity index is 1220. The number of halogens is 1. The number of benzene rings is 2. The molecule has 0 spiro atoms. The maximum absolute atomic E-state index is 14.1. The first-order valence-electron chi connectivity index (χ1n) is 10.0. The molecule has 0 aliphatic heterocycles. The van der Waals surface area contributed by atoms with Crippen LogP contribution in [0.25, 0.3) is 11.0 Å². The van der Waals surface area contributed by atoms with Crippen LogP contribution in [0.3, 0.4) is 0 Å². The first-order valence-corrected chi connectivity index (χ1v) is 11.5. The minimum absolute atomic E-state index is 0.243. The normalized spacial score (nSPS) is 15.2. The van der Waals surface area contributed by atoms with Gasteiger partial charge in [0, 0.05) is 11.9 Å². The topological polar surface area (TPSA) is 88.4 Å². The van der Waals surface area contributed by atoms with Crippen LogP contribution >= 0.6 is 0 Å². The summed E-state index contributed by atoms with van der Waals surface area (Å²) >= 11 is 0. The van der Waals surface area contributed by atoms with Gasteiger partial charge in [0.15, 0.2) is 5.69 Å². The van der Waals surface area contributed by atoms with Crippen LogP contribution in [0, 0.1) is 11.7 Å². The van der Waals surface area contributed by atoms with Gasteiger partial charge in [0.05, 0.1) is 5.69 Å². The number of sulfonamides is 1. The van der Waals surface area contributed by atoms with E-state index < -0.39 is 26.4 Å². The van der Waals surface area contributed by atoms with Crippen LogP contribution in [0.5, 0.6) is 0 Å². The van der Waals surface area contributed by atoms with Crippen LogP contribution in [0.15, 0.2) is 62.6 Å². The molecule has 4 rings (SSSR count). The maximum atomic E-state index is 14.1. The zero-order chi connectivity index (χ0) is 21.1. The van der Waals surface area contributed by atoms with Crippen LogP contribution < -0.4 is 15.7 Å². The van der Waals surface area contributed by atoms with E-state index in [1.165, 1.54) is 18.6 Å². The second-order valence-corrected chi connectivity index (χ2v) is 9.21. The molecule has 6 nitrogen and oxygen atoms in total. The van der Waals surface area contributed by atoms with Gasteiger partial charge in [-0.3, -0.25) is 4.72 Å². The molecule has 2 aromatic carbocycles. The molecule has 30 heavy (non-hydrogen) atoms. The first kappa shape index (κ1) is 20.4. The molecule has 0 bridgehead atoms. The Balaban J connectivity index is 1.75. The van der Waals surface area contributed by atoms with E-state index in [1.54, 1.807) is 24.3 Å². The smallest absolute Gasteiger partial charge is 0.363 e. The van der Waals surface area contributed by atoms with E-state index in [4.69, 9.17) is 4.42 Å². The molecular formula is C22H23FN2O4S. The van der Waals surface area contributed by atoms with Crippen LogP contribution in [0.1, 0.15) is 32.1 Å². The third-order valence-electron chi connectivity index (χ3n) is 5.47. The fourth-order valence-electron chi connectivity index (χ4n) is 3.92. The zero-order valence-electron chi connectivity index (χ0n) is 16.4. The van der Waals surface area contributed by atoms with E-state index in [-0.39, 0.29) is 5.69 Å². The number of hydrogen-bond donors (Lipinski definition) is 2. The highest BCUT2D eigenvalue weighted by atomic mass is 32.2. The van der Waals surface area contributed by atoms with Gasteiger partial charge in [0.2, 0.25) is 0 Å². The first-order chi connectivity index (χ1) is 14.5. The van der Waals surface area contributed by atoms with Crippen molar-refractivity contribution in [1.29, 1.82) is 0 Å². The second-order valence-electron chi connectivity index (χ2n) is 7.56. The maximum Gasteiger partial charge on any atom is 0.363 e. The molecular weight excluding hydrogens is 407 g/mol. The molecule has 1 aliphatic carbocycles. The molecule has 0 atom stereocenters. The van der Waals surface area contributed by atoms with Crippen LogP contribution in [0.4, 0.5) is 15.8 Å². The van der Waals surface area contributed by atoms with Crippen molar-refractivity contribution in [2.24, 2.45) is 5.92 Å². The summed E-state index contributed by atoms with van der Waals surface area (Å²) < 4.78 is 47.3. The summed E-state index contributed by atoms with van der Waals surface area (Å²) in [5.41, 5.74) is -0.373. The van der Waals surface area contributed by atoms with Gasteiger partial charge in [0.25, 0.3) is 10.0 Å². The Hall–Kier alpha value is -2.87. The number of nitrogens with one attached hydrogen (secondary N) is 2. The monoisotopic (exact) mass is 430 g/mol. The predicted octanol–water partition coefficient (Wildman–Crippen LogP) is 4.73. The van der Waals surface area contributed by atoms with Crippen molar-refractivity contribution in [2.75, 3.05) is 16.6 Å². The highest BCUT2D eigenvalue weighted by Crippen LogP contribution is 2.32. The Morgan fingerprint density at radius 2 is 1.67 bits per heavy atom. The van der Waals surface area contributed by atoms with Crippen molar-refractivity contribution in [3.05, 3.63) is 64.8 Å². The molecule has 3 aromatic rings. The van der Waals surface area contributed by atoms with Gasteiger partial charge < -0.3 is 9.73 Å². The molecule has 1 aromatic heterocycles. The minimum atomic E-state index is -4.33. The number of anilines is 2. The third kappa shape index (κ3) is 4.18. The summed E-state index contributed by atoms with van der Waals surface area (Å²) in [5, 5.41) is 3.86. The van der Waals surface area contributed by atoms with Crippen molar-refractivity contribution in [1.82, 2.24) is 0 Å². The highest BCUT2D eigenvalue weighted by Gasteiger charge is 2.24. The number of para-hydroxylation sites is 1. The van der Waals surface area contributed by atoms with E-state index in [0.29, 0.717) is 29.1 Å². The molecule has 1 aliphatic rings. The fourth-order valence-corrected chi connectivity index (χ4v) is 5.06. The lowest BCUT2D eigenvalue weighted by atomic mass is 9.89. The van der Waals surface area contributed by atoms with Crippen LogP contribution in [-0.2, 0) is 10.0 Å². The largest absolute Gasteiger partial charge is 0.421 e. The predicted molar refractivity (Wildman–Crippen MR) is 115 cm³/mol. The SMILES string of the molecule is O=c1oc2ccccc2c(NCC2CCCCC2)c1NS(=O)(=O)c1ccccc1F. The van der Waals surface area contributed by atoms with Gasteiger partial charge >= 0.3 is 5.63 Å². The quantitative estimate of drug-likeness (QED) is 0.552. The molecule has 0 unspecified atom stereocenters. The van der Waals surface area contributed by atoms with Gasteiger partial charge in [-0.05, 0) is 43.0 Å². The fraction of sp³-hybridized carbons (Fsp3) is 0.318. The summed E-state index contributed by atoms with van der Waals surface area (Å²) in [6.07, 6.45) is 5.72. The van der Waals surface area contributed by atoms with Crippen molar-refractivity contribution in [3.8, 4) is 0 Å². The summed E-state index contributed by atoms with van der Waals surface area (Å²) in [7, 11) is -4.33. The molecule has 0 amide bonds. The number of rotatable bonds is 6. The lowest BCUT2D eigenvalue weighted by molar-refractivity contribution is 0.373. The zero-order valence-corrected chi connectivity index (χ0v) is 17.2. The number of hydrogen-bond acceptors (Lipinski definition) is 5. The molecule has 158 valence electrons. The van der Waals surface area contributed by atoms with E-state index >= 15 is 0 Å². The van der Waals surface area contributed by atoms with Crippen molar-refractivity contribution < 1.29 is 17.2 Å². The van der Waals surface area contributed by atoms with Crippen molar-refractivity contribution >= 4 is 32.4 Å². The molecule has 1 saturated carbocycles. The van der Waals surface area contributed by atoms with Gasteiger partial charge in [-0.15, -0.1) is 0 Å². The van der Waals surface area contributed by atoms with Gasteiger partial charge in [-0.25, -0.2) is 17.6 Å². The summed E-state index contributed by atoms with van der Waals surface area (Å²) in [6.45, 7) is 0.613. The van der Waals surface area contributed by atoms with E-state index in [0.717, 1.165) is 37.8 Å². The average Bonchev–Trinajstić information content (AvgIpc) is 2.74. The highest BCUT2D eigenvalue weighted by molar-refractivity contribution is 7.92. The Morgan fingerprint density at radius 3 is 2.43 bits per heavy atom. The number of fused-ring (bicyclic) bond motifs is 1. The standard InChI is InChI=1S/C22H23FN2O4S/c23-17-11-5-7-13-19(17)30(27,28)25-21-20(24-14-15-8-2-1-3-9-15)16-10-4-6-12-18(16)29-22(21)26/h4-7,10-13,15,24-25H,1-3,8-9,14H2. The van der Waals surface area contributed by atoms with E-state index in [2.05, 4.69) is 10.0 Å². The molecule has 0 saturated heterocycles. The average molecular weight is 431 g/mol. The van der Waals surface area contributed by atoms with E-state index in [9.17, 15) is 17.6 Å². The lowest BCUT2D eigenvalue weighted by Crippen LogP contribution is -2.23. The summed E-state index contributed by atoms with van der Waals surface area (Å²) in [5.74, 6) is -0.451. The van der Waals surface area contributed by atoms with Gasteiger partial charge in [-0.1, -0.05) is 43.5 Å². The minimum Gasteiger partial charge on any atom is -0.421 e. The van der Waals surface area contributed by atoms with Crippen LogP contribution in [-0.4, -0.2) is 15.0 Å². The second kappa shape index (κ2) is 8.47. The summed E-state index contributed by atoms with van der Waals surface area (Å²) in [6, 6.07) is 11.9. The Morgan fingerprint density at radius 1 is 0.967 bits per heavy atom.